The van der Waals surface area contributed by atoms with Gasteiger partial charge >= 0.3 is 0 Å². The molecule has 314 valence electrons. The van der Waals surface area contributed by atoms with Crippen molar-refractivity contribution < 1.29 is 27.1 Å². The van der Waals surface area contributed by atoms with Gasteiger partial charge in [-0.25, -0.2) is 32.7 Å². The Morgan fingerprint density at radius 1 is 0.983 bits per heavy atom. The van der Waals surface area contributed by atoms with Crippen molar-refractivity contribution in [1.29, 1.82) is 0 Å². The van der Waals surface area contributed by atoms with E-state index in [9.17, 15) is 18.0 Å². The molecule has 2 saturated heterocycles. The number of carbonyl (C=O) groups excluding carboxylic acids is 2. The van der Waals surface area contributed by atoms with Crippen LogP contribution in [0.3, 0.4) is 0 Å². The number of carbonyl (C=O) groups is 2. The first kappa shape index (κ1) is 41.2. The molecule has 0 bridgehead atoms. The maximum absolute atomic E-state index is 16.1. The lowest BCUT2D eigenvalue weighted by Crippen LogP contribution is -2.44. The molecule has 2 saturated carbocycles. The number of rotatable bonds is 12. The number of hydrogen-bond donors (Lipinski definition) is 3. The molecule has 2 amide bonds. The Bertz CT molecular complexity index is 2250. The highest BCUT2D eigenvalue weighted by atomic mass is 32.2. The topological polar surface area (TPSA) is 182 Å². The number of likely N-dealkylation sites (tertiary alicyclic amines) is 1. The molecule has 2 aliphatic carbocycles. The Hall–Kier alpha value is -4.54. The lowest BCUT2D eigenvalue weighted by Gasteiger charge is -2.46. The van der Waals surface area contributed by atoms with Crippen molar-refractivity contribution in [2.45, 2.75) is 108 Å². The van der Waals surface area contributed by atoms with E-state index in [0.29, 0.717) is 52.7 Å². The number of hydrogen-bond acceptors (Lipinski definition) is 12. The van der Waals surface area contributed by atoms with E-state index in [2.05, 4.69) is 29.9 Å². The molecule has 4 aliphatic rings. The number of nitrogens with one attached hydrogen (secondary N) is 2. The number of piperidine rings is 2. The molecule has 1 aromatic carbocycles. The molecule has 4 aromatic rings. The second-order valence-electron chi connectivity index (χ2n) is 16.9. The third kappa shape index (κ3) is 9.60. The molecule has 5 heterocycles. The first-order valence-electron chi connectivity index (χ1n) is 21.0. The van der Waals surface area contributed by atoms with Gasteiger partial charge in [0.1, 0.15) is 6.10 Å². The maximum atomic E-state index is 16.1. The zero-order valence-electron chi connectivity index (χ0n) is 33.5. The fourth-order valence-corrected chi connectivity index (χ4v) is 11.8. The highest BCUT2D eigenvalue weighted by molar-refractivity contribution is 7.92. The Labute approximate surface area is 349 Å². The van der Waals surface area contributed by atoms with E-state index in [1.165, 1.54) is 30.2 Å². The van der Waals surface area contributed by atoms with Crippen LogP contribution in [0.2, 0.25) is 0 Å². The molecule has 1 spiro atoms. The summed E-state index contributed by atoms with van der Waals surface area (Å²) in [6, 6.07) is 10.2. The Morgan fingerprint density at radius 3 is 2.46 bits per heavy atom. The van der Waals surface area contributed by atoms with Gasteiger partial charge < -0.3 is 15.4 Å². The first-order valence-corrected chi connectivity index (χ1v) is 23.5. The second-order valence-corrected chi connectivity index (χ2v) is 19.8. The average molecular weight is 845 g/mol. The number of aromatic nitrogens is 4. The van der Waals surface area contributed by atoms with Crippen LogP contribution in [-0.4, -0.2) is 76.6 Å². The number of imide groups is 1. The lowest BCUT2D eigenvalue weighted by atomic mass is 9.65. The molecule has 59 heavy (non-hydrogen) atoms. The Balaban J connectivity index is 0.842. The second kappa shape index (κ2) is 17.6. The number of ether oxygens (including phenoxy) is 1. The van der Waals surface area contributed by atoms with Crippen LogP contribution in [0.5, 0.6) is 5.88 Å². The van der Waals surface area contributed by atoms with E-state index in [1.54, 1.807) is 37.5 Å². The smallest absolute Gasteiger partial charge is 0.234 e. The molecular weight excluding hydrogens is 792 g/mol. The molecule has 4 fully saturated rings. The minimum Gasteiger partial charge on any atom is -0.474 e. The molecule has 1 atom stereocenters. The SMILES string of the molecule is CCCS(=O)(=O)Nc1cccc(-c2nc(C3CCC4(CC3)CCN(CC3CCC(Oc5ccc([C@@H]6CCC(=O)NC6=O)cn5)CC3)CC4)sc2-c2ccnc(N)n2)c1F. The van der Waals surface area contributed by atoms with Crippen LogP contribution in [0.4, 0.5) is 16.0 Å². The number of benzene rings is 1. The average Bonchev–Trinajstić information content (AvgIpc) is 3.66. The Kier molecular flexibility index (Phi) is 12.3. The predicted octanol–water partition coefficient (Wildman–Crippen LogP) is 7.43. The molecule has 2 aliphatic heterocycles. The molecular formula is C43H53FN8O5S2. The van der Waals surface area contributed by atoms with E-state index in [-0.39, 0.29) is 52.7 Å². The summed E-state index contributed by atoms with van der Waals surface area (Å²) in [6.07, 6.45) is 15.6. The summed E-state index contributed by atoms with van der Waals surface area (Å²) in [7, 11) is -3.70. The van der Waals surface area contributed by atoms with Crippen molar-refractivity contribution >= 4 is 44.8 Å². The van der Waals surface area contributed by atoms with Gasteiger partial charge in [0.2, 0.25) is 33.7 Å². The van der Waals surface area contributed by atoms with E-state index < -0.39 is 15.8 Å². The minimum atomic E-state index is -3.70. The van der Waals surface area contributed by atoms with Gasteiger partial charge in [0.05, 0.1) is 38.6 Å². The third-order valence-corrected chi connectivity index (χ3v) is 15.6. The van der Waals surface area contributed by atoms with Crippen LogP contribution in [0.25, 0.3) is 21.8 Å². The van der Waals surface area contributed by atoms with Crippen LogP contribution in [0.1, 0.15) is 113 Å². The maximum Gasteiger partial charge on any atom is 0.234 e. The monoisotopic (exact) mass is 844 g/mol. The van der Waals surface area contributed by atoms with E-state index >= 15 is 4.39 Å². The molecule has 4 N–H and O–H groups in total. The Morgan fingerprint density at radius 2 is 1.76 bits per heavy atom. The van der Waals surface area contributed by atoms with Gasteiger partial charge in [0.15, 0.2) is 5.82 Å². The number of sulfonamides is 1. The number of amides is 2. The van der Waals surface area contributed by atoms with Crippen molar-refractivity contribution in [3.63, 3.8) is 0 Å². The van der Waals surface area contributed by atoms with Gasteiger partial charge in [-0.3, -0.25) is 19.6 Å². The number of anilines is 2. The van der Waals surface area contributed by atoms with Crippen LogP contribution < -0.4 is 20.5 Å². The number of nitrogens with zero attached hydrogens (tertiary/aromatic N) is 5. The summed E-state index contributed by atoms with van der Waals surface area (Å²) in [4.78, 5) is 45.2. The van der Waals surface area contributed by atoms with E-state index in [4.69, 9.17) is 15.5 Å². The number of pyridine rings is 1. The zero-order chi connectivity index (χ0) is 41.1. The van der Waals surface area contributed by atoms with E-state index in [0.717, 1.165) is 81.6 Å². The normalized spacial score (nSPS) is 22.9. The number of halogens is 1. The largest absolute Gasteiger partial charge is 0.474 e. The van der Waals surface area contributed by atoms with Gasteiger partial charge in [0, 0.05) is 42.9 Å². The number of thiazole rings is 1. The minimum absolute atomic E-state index is 0.100. The molecule has 0 unspecified atom stereocenters. The molecule has 8 rings (SSSR count). The molecule has 16 heteroatoms. The van der Waals surface area contributed by atoms with Gasteiger partial charge in [-0.15, -0.1) is 11.3 Å². The number of nitrogens with two attached hydrogens (primary N) is 1. The van der Waals surface area contributed by atoms with Crippen LogP contribution in [-0.2, 0) is 19.6 Å². The third-order valence-electron chi connectivity index (χ3n) is 12.9. The first-order chi connectivity index (χ1) is 28.5. The van der Waals surface area contributed by atoms with Crippen molar-refractivity contribution in [3.8, 4) is 27.7 Å². The standard InChI is InChI=1S/C43H53FN8O5S2/c1-2-24-59(55,56)51-33-5-3-4-32(37(33)44)38-39(34-16-21-46-42(45)48-34)58-41(50-38)28-14-17-43(18-15-28)19-22-52(23-20-43)26-27-6-9-30(10-7-27)57-36-13-8-29(25-47-36)31-11-12-35(53)49-40(31)54/h3-5,8,13,16,21,25,27-28,30-31,51H,2,6-7,9-12,14-15,17-20,22-24,26H2,1H3,(H2,45,46,48)(H,49,53,54)/t27?,30?,31-/m0/s1. The highest BCUT2D eigenvalue weighted by Gasteiger charge is 2.40. The summed E-state index contributed by atoms with van der Waals surface area (Å²) in [5.74, 6) is -0.00318. The highest BCUT2D eigenvalue weighted by Crippen LogP contribution is 2.51. The lowest BCUT2D eigenvalue weighted by molar-refractivity contribution is -0.134. The van der Waals surface area contributed by atoms with Crippen LogP contribution in [0.15, 0.2) is 48.8 Å². The van der Waals surface area contributed by atoms with Gasteiger partial charge in [-0.1, -0.05) is 19.1 Å². The van der Waals surface area contributed by atoms with Crippen molar-refractivity contribution in [3.05, 3.63) is 65.2 Å². The fraction of sp³-hybridized carbons (Fsp3) is 0.535. The summed E-state index contributed by atoms with van der Waals surface area (Å²) >= 11 is 1.51. The van der Waals surface area contributed by atoms with Crippen LogP contribution in [0, 0.1) is 17.2 Å². The van der Waals surface area contributed by atoms with Crippen molar-refractivity contribution in [2.75, 3.05) is 35.8 Å². The van der Waals surface area contributed by atoms with Gasteiger partial charge in [-0.05, 0) is 125 Å². The molecule has 0 radical (unpaired) electrons. The zero-order valence-corrected chi connectivity index (χ0v) is 35.1. The summed E-state index contributed by atoms with van der Waals surface area (Å²) in [5, 5.41) is 3.36. The van der Waals surface area contributed by atoms with Crippen LogP contribution >= 0.6 is 11.3 Å². The summed E-state index contributed by atoms with van der Waals surface area (Å²) in [5.41, 5.74) is 8.22. The molecule has 13 nitrogen and oxygen atoms in total. The van der Waals surface area contributed by atoms with Gasteiger partial charge in [0.25, 0.3) is 0 Å². The van der Waals surface area contributed by atoms with Crippen molar-refractivity contribution in [1.82, 2.24) is 30.2 Å². The molecule has 3 aromatic heterocycles. The van der Waals surface area contributed by atoms with Crippen molar-refractivity contribution in [2.24, 2.45) is 11.3 Å². The summed E-state index contributed by atoms with van der Waals surface area (Å²) < 4.78 is 49.9. The fourth-order valence-electron chi connectivity index (χ4n) is 9.48. The van der Waals surface area contributed by atoms with E-state index in [1.807, 2.05) is 12.1 Å². The van der Waals surface area contributed by atoms with Gasteiger partial charge in [-0.2, -0.15) is 0 Å². The number of nitrogen functional groups attached to an aromatic ring is 1. The predicted molar refractivity (Wildman–Crippen MR) is 226 cm³/mol. The quantitative estimate of drug-likeness (QED) is 0.121. The summed E-state index contributed by atoms with van der Waals surface area (Å²) in [6.45, 7) is 5.12.